The number of hydrogen-bond acceptors (Lipinski definition) is 11. The molecule has 0 bridgehead atoms. The summed E-state index contributed by atoms with van der Waals surface area (Å²) in [5.41, 5.74) is 0. The highest BCUT2D eigenvalue weighted by molar-refractivity contribution is 7.81. The van der Waals surface area contributed by atoms with E-state index in [1.165, 1.54) is 0 Å². The van der Waals surface area contributed by atoms with Crippen LogP contribution >= 0.6 is 0 Å². The van der Waals surface area contributed by atoms with Crippen LogP contribution < -0.4 is 0 Å². The predicted molar refractivity (Wildman–Crippen MR) is 80.1 cm³/mol. The smallest absolute Gasteiger partial charge is 0.397 e. The van der Waals surface area contributed by atoms with Crippen LogP contribution in [0.3, 0.4) is 0 Å². The van der Waals surface area contributed by atoms with Crippen LogP contribution in [-0.4, -0.2) is 79.4 Å². The van der Waals surface area contributed by atoms with Crippen LogP contribution in [0, 0.1) is 5.92 Å². The molecular formula is C11H20O13S2. The van der Waals surface area contributed by atoms with Crippen molar-refractivity contribution in [2.24, 2.45) is 5.92 Å². The number of aliphatic hydroxyl groups is 2. The summed E-state index contributed by atoms with van der Waals surface area (Å²) in [5, 5.41) is 19.1. The van der Waals surface area contributed by atoms with Crippen molar-refractivity contribution in [1.82, 2.24) is 0 Å². The second kappa shape index (κ2) is 8.85. The third-order valence-corrected chi connectivity index (χ3v) is 4.03. The Hall–Kier alpha value is -0.910. The minimum absolute atomic E-state index is 0.158. The number of aliphatic hydroxyl groups excluding tert-OH is 2. The second-order valence-electron chi connectivity index (χ2n) is 5.78. The highest BCUT2D eigenvalue weighted by atomic mass is 32.3. The molecule has 1 aliphatic rings. The van der Waals surface area contributed by atoms with Crippen LogP contribution in [0.15, 0.2) is 0 Å². The van der Waals surface area contributed by atoms with E-state index < -0.39 is 64.1 Å². The molecular weight excluding hydrogens is 404 g/mol. The summed E-state index contributed by atoms with van der Waals surface area (Å²) in [6.07, 6.45) is -10.1. The minimum atomic E-state index is -5.26. The van der Waals surface area contributed by atoms with Gasteiger partial charge in [0.15, 0.2) is 18.5 Å². The van der Waals surface area contributed by atoms with Crippen molar-refractivity contribution in [2.75, 3.05) is 6.61 Å². The first kappa shape index (κ1) is 23.1. The van der Waals surface area contributed by atoms with Crippen LogP contribution in [0.5, 0.6) is 0 Å². The molecule has 0 radical (unpaired) electrons. The van der Waals surface area contributed by atoms with E-state index in [-0.39, 0.29) is 12.3 Å². The van der Waals surface area contributed by atoms with E-state index in [0.29, 0.717) is 0 Å². The van der Waals surface area contributed by atoms with Crippen LogP contribution in [0.2, 0.25) is 0 Å². The van der Waals surface area contributed by atoms with Crippen LogP contribution in [0.25, 0.3) is 0 Å². The zero-order valence-electron chi connectivity index (χ0n) is 13.7. The van der Waals surface area contributed by atoms with Gasteiger partial charge in [-0.2, -0.15) is 16.8 Å². The average molecular weight is 424 g/mol. The van der Waals surface area contributed by atoms with Gasteiger partial charge in [-0.25, -0.2) is 8.37 Å². The fourth-order valence-electron chi connectivity index (χ4n) is 2.21. The first-order valence-electron chi connectivity index (χ1n) is 7.18. The normalized spacial score (nSPS) is 30.3. The van der Waals surface area contributed by atoms with Crippen molar-refractivity contribution in [3.8, 4) is 0 Å². The van der Waals surface area contributed by atoms with Crippen molar-refractivity contribution >= 4 is 26.8 Å². The molecule has 1 aliphatic heterocycles. The highest BCUT2D eigenvalue weighted by Gasteiger charge is 2.52. The molecule has 1 saturated heterocycles. The summed E-state index contributed by atoms with van der Waals surface area (Å²) in [6, 6.07) is 0. The third-order valence-electron chi connectivity index (χ3n) is 3.10. The molecule has 0 aromatic carbocycles. The molecule has 0 aromatic rings. The van der Waals surface area contributed by atoms with Gasteiger partial charge >= 0.3 is 26.8 Å². The summed E-state index contributed by atoms with van der Waals surface area (Å²) in [5.74, 6) is -1.11. The van der Waals surface area contributed by atoms with Gasteiger partial charge in [0.1, 0.15) is 12.2 Å². The predicted octanol–water partition coefficient (Wildman–Crippen LogP) is -1.97. The van der Waals surface area contributed by atoms with E-state index in [4.69, 9.17) is 18.6 Å². The lowest BCUT2D eigenvalue weighted by molar-refractivity contribution is -0.282. The number of carbonyl (C=O) groups excluding carboxylic acids is 1. The Labute approximate surface area is 149 Å². The summed E-state index contributed by atoms with van der Waals surface area (Å²) in [7, 11) is -10.5. The van der Waals surface area contributed by atoms with E-state index >= 15 is 0 Å². The lowest BCUT2D eigenvalue weighted by Gasteiger charge is -2.41. The van der Waals surface area contributed by atoms with Gasteiger partial charge in [-0.05, 0) is 5.92 Å². The molecule has 154 valence electrons. The fraction of sp³-hybridized carbons (Fsp3) is 0.909. The molecule has 1 fully saturated rings. The quantitative estimate of drug-likeness (QED) is 0.247. The number of ether oxygens (including phenoxy) is 2. The number of rotatable bonds is 8. The fourth-order valence-corrected chi connectivity index (χ4v) is 3.22. The van der Waals surface area contributed by atoms with Gasteiger partial charge < -0.3 is 19.7 Å². The summed E-state index contributed by atoms with van der Waals surface area (Å²) in [6.45, 7) is 2.32. The zero-order chi connectivity index (χ0) is 20.3. The standard InChI is InChI=1S/C11H20O13S2/c1-5(2)3-7(13)22-10-9(24-26(18,19)20)8(23-25(15,16)17)6(4-12)21-11(10)14/h5-6,8-12,14H,3-4H2,1-2H3,(H,15,16,17)(H,18,19,20)/t6-,8-,9+,10-,11-/m1/s1. The van der Waals surface area contributed by atoms with Gasteiger partial charge in [-0.1, -0.05) is 13.8 Å². The SMILES string of the molecule is CC(C)CC(=O)O[C@@H]1[C@@H](OS(=O)(=O)O)[C@H](OS(=O)(=O)O)[C@@H](CO)O[C@H]1O. The molecule has 0 saturated carbocycles. The van der Waals surface area contributed by atoms with Crippen LogP contribution in [-0.2, 0) is 43.4 Å². The largest absolute Gasteiger partial charge is 0.454 e. The van der Waals surface area contributed by atoms with Gasteiger partial charge in [0.25, 0.3) is 0 Å². The summed E-state index contributed by atoms with van der Waals surface area (Å²) < 4.78 is 80.0. The number of esters is 1. The molecule has 26 heavy (non-hydrogen) atoms. The van der Waals surface area contributed by atoms with Crippen molar-refractivity contribution in [2.45, 2.75) is 51.0 Å². The monoisotopic (exact) mass is 424 g/mol. The lowest BCUT2D eigenvalue weighted by Crippen LogP contribution is -2.62. The first-order chi connectivity index (χ1) is 11.7. The van der Waals surface area contributed by atoms with Gasteiger partial charge in [0.05, 0.1) is 6.61 Å². The van der Waals surface area contributed by atoms with Crippen molar-refractivity contribution in [3.05, 3.63) is 0 Å². The number of carbonyl (C=O) groups is 1. The van der Waals surface area contributed by atoms with E-state index in [1.54, 1.807) is 13.8 Å². The number of hydrogen-bond donors (Lipinski definition) is 4. The van der Waals surface area contributed by atoms with E-state index in [9.17, 15) is 31.8 Å². The van der Waals surface area contributed by atoms with Gasteiger partial charge in [-0.3, -0.25) is 13.9 Å². The Kier molecular flexibility index (Phi) is 7.88. The molecule has 0 amide bonds. The Morgan fingerprint density at radius 3 is 1.96 bits per heavy atom. The molecule has 1 rings (SSSR count). The van der Waals surface area contributed by atoms with Gasteiger partial charge in [-0.15, -0.1) is 0 Å². The maximum atomic E-state index is 11.8. The van der Waals surface area contributed by atoms with Crippen LogP contribution in [0.1, 0.15) is 20.3 Å². The first-order valence-corrected chi connectivity index (χ1v) is 9.91. The van der Waals surface area contributed by atoms with Gasteiger partial charge in [0, 0.05) is 6.42 Å². The third kappa shape index (κ3) is 7.37. The van der Waals surface area contributed by atoms with Crippen molar-refractivity contribution in [3.63, 3.8) is 0 Å². The van der Waals surface area contributed by atoms with Gasteiger partial charge in [0.2, 0.25) is 0 Å². The Morgan fingerprint density at radius 1 is 1.04 bits per heavy atom. The van der Waals surface area contributed by atoms with E-state index in [1.807, 2.05) is 0 Å². The average Bonchev–Trinajstić information content (AvgIpc) is 2.42. The molecule has 1 heterocycles. The molecule has 4 N–H and O–H groups in total. The summed E-state index contributed by atoms with van der Waals surface area (Å²) in [4.78, 5) is 11.8. The van der Waals surface area contributed by atoms with E-state index in [2.05, 4.69) is 8.37 Å². The second-order valence-corrected chi connectivity index (χ2v) is 7.87. The maximum Gasteiger partial charge on any atom is 0.397 e. The van der Waals surface area contributed by atoms with Crippen LogP contribution in [0.4, 0.5) is 0 Å². The highest BCUT2D eigenvalue weighted by Crippen LogP contribution is 2.29. The molecule has 15 heteroatoms. The molecule has 0 unspecified atom stereocenters. The lowest BCUT2D eigenvalue weighted by atomic mass is 9.99. The van der Waals surface area contributed by atoms with Crippen molar-refractivity contribution in [1.29, 1.82) is 0 Å². The van der Waals surface area contributed by atoms with E-state index in [0.717, 1.165) is 0 Å². The Bertz CT molecular complexity index is 685. The Balaban J connectivity index is 3.23. The zero-order valence-corrected chi connectivity index (χ0v) is 15.3. The van der Waals surface area contributed by atoms with Crippen molar-refractivity contribution < 1.29 is 58.8 Å². The molecule has 0 aromatic heterocycles. The molecule has 5 atom stereocenters. The topological polar surface area (TPSA) is 203 Å². The molecule has 0 aliphatic carbocycles. The summed E-state index contributed by atoms with van der Waals surface area (Å²) >= 11 is 0. The molecule has 13 nitrogen and oxygen atoms in total. The maximum absolute atomic E-state index is 11.8. The Morgan fingerprint density at radius 2 is 1.54 bits per heavy atom. The molecule has 0 spiro atoms. The minimum Gasteiger partial charge on any atom is -0.454 e.